The lowest BCUT2D eigenvalue weighted by Gasteiger charge is -2.41. The van der Waals surface area contributed by atoms with Gasteiger partial charge < -0.3 is 15.5 Å². The molecule has 9 nitrogen and oxygen atoms in total. The van der Waals surface area contributed by atoms with Gasteiger partial charge in [0.25, 0.3) is 5.56 Å². The minimum Gasteiger partial charge on any atom is -0.397 e. The highest BCUT2D eigenvalue weighted by Gasteiger charge is 2.33. The van der Waals surface area contributed by atoms with Crippen LogP contribution in [0.5, 0.6) is 0 Å². The van der Waals surface area contributed by atoms with Crippen molar-refractivity contribution in [3.63, 3.8) is 0 Å². The number of nitrogen functional groups attached to an aromatic ring is 1. The molecule has 1 aliphatic rings. The molecule has 5 rings (SSSR count). The molecule has 1 amide bonds. The van der Waals surface area contributed by atoms with Crippen molar-refractivity contribution >= 4 is 63.1 Å². The van der Waals surface area contributed by atoms with Gasteiger partial charge in [-0.3, -0.25) is 19.1 Å². The third-order valence-corrected chi connectivity index (χ3v) is 8.84. The fourth-order valence-corrected chi connectivity index (χ4v) is 6.50. The van der Waals surface area contributed by atoms with Gasteiger partial charge in [0.1, 0.15) is 17.3 Å². The van der Waals surface area contributed by atoms with Crippen molar-refractivity contribution in [3.05, 3.63) is 85.1 Å². The fourth-order valence-electron chi connectivity index (χ4n) is 5.79. The Kier molecular flexibility index (Phi) is 8.82. The molecule has 0 spiro atoms. The Morgan fingerprint density at radius 2 is 1.91 bits per heavy atom. The third-order valence-electron chi connectivity index (χ3n) is 7.96. The number of nitrogens with zero attached hydrogens (tertiary/aromatic N) is 6. The van der Waals surface area contributed by atoms with Crippen molar-refractivity contribution in [1.29, 1.82) is 5.26 Å². The van der Waals surface area contributed by atoms with Crippen LogP contribution >= 0.6 is 34.8 Å². The molecule has 13 heteroatoms. The van der Waals surface area contributed by atoms with Crippen LogP contribution in [0, 0.1) is 24.1 Å². The zero-order valence-corrected chi connectivity index (χ0v) is 27.2. The number of carbonyl (C=O) groups is 1. The Morgan fingerprint density at radius 3 is 2.53 bits per heavy atom. The monoisotopic (exact) mass is 667 g/mol. The summed E-state index contributed by atoms with van der Waals surface area (Å²) in [6, 6.07) is 6.28. The molecular weight excluding hydrogens is 640 g/mol. The van der Waals surface area contributed by atoms with E-state index >= 15 is 4.39 Å². The summed E-state index contributed by atoms with van der Waals surface area (Å²) in [5.74, 6) is -1.22. The second-order valence-electron chi connectivity index (χ2n) is 11.2. The number of fused-ring (bicyclic) bond motifs is 1. The number of anilines is 2. The van der Waals surface area contributed by atoms with Gasteiger partial charge >= 0.3 is 0 Å². The summed E-state index contributed by atoms with van der Waals surface area (Å²) in [6.45, 7) is 12.1. The summed E-state index contributed by atoms with van der Waals surface area (Å²) < 4.78 is 16.9. The molecule has 3 aromatic heterocycles. The zero-order valence-electron chi connectivity index (χ0n) is 25.0. The van der Waals surface area contributed by atoms with Gasteiger partial charge in [-0.05, 0) is 49.6 Å². The molecular formula is C32H29Cl3FN7O2. The molecule has 1 aromatic carbocycles. The largest absolute Gasteiger partial charge is 0.397 e. The van der Waals surface area contributed by atoms with Gasteiger partial charge in [0.05, 0.1) is 49.1 Å². The van der Waals surface area contributed by atoms with Gasteiger partial charge in [-0.25, -0.2) is 9.37 Å². The molecule has 1 unspecified atom stereocenters. The summed E-state index contributed by atoms with van der Waals surface area (Å²) in [7, 11) is 0. The number of benzene rings is 1. The van der Waals surface area contributed by atoms with Crippen LogP contribution in [0.1, 0.15) is 43.5 Å². The van der Waals surface area contributed by atoms with E-state index in [1.54, 1.807) is 17.2 Å². The van der Waals surface area contributed by atoms with Crippen LogP contribution < -0.4 is 16.2 Å². The normalized spacial score (nSPS) is 15.1. The molecule has 0 aliphatic carbocycles. The molecule has 4 aromatic rings. The Hall–Kier alpha value is -4.17. The lowest BCUT2D eigenvalue weighted by Crippen LogP contribution is -2.54. The van der Waals surface area contributed by atoms with Crippen LogP contribution in [0.3, 0.4) is 0 Å². The summed E-state index contributed by atoms with van der Waals surface area (Å²) in [5.41, 5.74) is 7.13. The number of halogens is 4. The summed E-state index contributed by atoms with van der Waals surface area (Å²) >= 11 is 19.2. The van der Waals surface area contributed by atoms with Gasteiger partial charge in [-0.2, -0.15) is 5.26 Å². The SMILES string of the molecule is C=CC(=O)N1CCN(c2c(C#N)c(=O)n(-c3c(C)ccnc3C(C)C)c3nc(-c4c(N)c(Cl)cc(Cl)c4F)c(Cl)cc23)C(C)C1. The highest BCUT2D eigenvalue weighted by Crippen LogP contribution is 2.43. The number of aromatic nitrogens is 3. The van der Waals surface area contributed by atoms with Crippen molar-refractivity contribution in [2.24, 2.45) is 0 Å². The van der Waals surface area contributed by atoms with E-state index in [2.05, 4.69) is 17.6 Å². The van der Waals surface area contributed by atoms with Crippen LogP contribution in [0.15, 0.2) is 41.8 Å². The number of amides is 1. The Balaban J connectivity index is 1.94. The minimum absolute atomic E-state index is 0.00163. The molecule has 1 fully saturated rings. The van der Waals surface area contributed by atoms with Crippen LogP contribution in [0.2, 0.25) is 15.1 Å². The number of pyridine rings is 3. The smallest absolute Gasteiger partial charge is 0.276 e. The second-order valence-corrected chi connectivity index (χ2v) is 12.4. The topological polar surface area (TPSA) is 121 Å². The number of piperazine rings is 1. The van der Waals surface area contributed by atoms with Crippen molar-refractivity contribution in [2.45, 2.75) is 39.7 Å². The maximum Gasteiger partial charge on any atom is 0.276 e. The van der Waals surface area contributed by atoms with Gasteiger partial charge in [0.15, 0.2) is 5.82 Å². The Morgan fingerprint density at radius 1 is 1.20 bits per heavy atom. The minimum atomic E-state index is -0.882. The van der Waals surface area contributed by atoms with Crippen molar-refractivity contribution in [2.75, 3.05) is 30.3 Å². The van der Waals surface area contributed by atoms with E-state index in [4.69, 9.17) is 45.5 Å². The molecule has 2 N–H and O–H groups in total. The van der Waals surface area contributed by atoms with Crippen molar-refractivity contribution < 1.29 is 9.18 Å². The Bertz CT molecular complexity index is 1980. The van der Waals surface area contributed by atoms with Crippen LogP contribution in [-0.4, -0.2) is 51.0 Å². The molecule has 1 saturated heterocycles. The van der Waals surface area contributed by atoms with Crippen LogP contribution in [-0.2, 0) is 4.79 Å². The summed E-state index contributed by atoms with van der Waals surface area (Å²) in [6.07, 6.45) is 2.90. The first-order valence-electron chi connectivity index (χ1n) is 14.1. The van der Waals surface area contributed by atoms with E-state index in [-0.39, 0.29) is 61.1 Å². The quantitative estimate of drug-likeness (QED) is 0.144. The number of nitriles is 1. The predicted molar refractivity (Wildman–Crippen MR) is 177 cm³/mol. The number of nitrogens with two attached hydrogens (primary N) is 1. The maximum absolute atomic E-state index is 15.6. The zero-order chi connectivity index (χ0) is 32.9. The van der Waals surface area contributed by atoms with Crippen molar-refractivity contribution in [1.82, 2.24) is 19.4 Å². The molecule has 0 radical (unpaired) electrons. The number of hydrogen-bond donors (Lipinski definition) is 1. The lowest BCUT2D eigenvalue weighted by atomic mass is 10.0. The molecule has 0 saturated carbocycles. The number of rotatable bonds is 5. The molecule has 0 bridgehead atoms. The number of carbonyl (C=O) groups excluding carboxylic acids is 1. The van der Waals surface area contributed by atoms with Crippen molar-refractivity contribution in [3.8, 4) is 23.0 Å². The second kappa shape index (κ2) is 12.3. The average Bonchev–Trinajstić information content (AvgIpc) is 3.00. The first-order chi connectivity index (χ1) is 21.3. The molecule has 232 valence electrons. The van der Waals surface area contributed by atoms with E-state index in [1.165, 1.54) is 22.8 Å². The van der Waals surface area contributed by atoms with Gasteiger partial charge in [-0.15, -0.1) is 0 Å². The van der Waals surface area contributed by atoms with E-state index in [9.17, 15) is 14.9 Å². The van der Waals surface area contributed by atoms with Crippen LogP contribution in [0.25, 0.3) is 28.0 Å². The molecule has 1 aliphatic heterocycles. The van der Waals surface area contributed by atoms with E-state index in [0.29, 0.717) is 47.7 Å². The standard InChI is InChI=1S/C32H29Cl3FN7O2/c1-6-23(44)41-9-10-42(17(5)14-41)30-18-11-22(35)28(24-25(36)20(33)12-21(34)26(24)38)40-31(18)43(32(45)19(30)13-37)29-16(4)7-8-39-27(29)15(2)3/h6-8,11-12,15,17H,1,9-10,14,38H2,2-5H3. The van der Waals surface area contributed by atoms with E-state index in [0.717, 1.165) is 0 Å². The molecule has 1 atom stereocenters. The highest BCUT2D eigenvalue weighted by molar-refractivity contribution is 6.38. The predicted octanol–water partition coefficient (Wildman–Crippen LogP) is 6.66. The van der Waals surface area contributed by atoms with Gasteiger partial charge in [0, 0.05) is 37.3 Å². The fraction of sp³-hybridized carbons (Fsp3) is 0.281. The average molecular weight is 669 g/mol. The summed E-state index contributed by atoms with van der Waals surface area (Å²) in [4.78, 5) is 39.8. The number of hydrogen-bond acceptors (Lipinski definition) is 7. The first kappa shape index (κ1) is 32.2. The molecule has 4 heterocycles. The lowest BCUT2D eigenvalue weighted by molar-refractivity contribution is -0.126. The third kappa shape index (κ3) is 5.39. The van der Waals surface area contributed by atoms with E-state index < -0.39 is 11.4 Å². The highest BCUT2D eigenvalue weighted by atomic mass is 35.5. The van der Waals surface area contributed by atoms with Gasteiger partial charge in [0.2, 0.25) is 5.91 Å². The van der Waals surface area contributed by atoms with Crippen LogP contribution in [0.4, 0.5) is 15.8 Å². The Labute approximate surface area is 274 Å². The first-order valence-corrected chi connectivity index (χ1v) is 15.2. The van der Waals surface area contributed by atoms with Gasteiger partial charge in [-0.1, -0.05) is 55.2 Å². The van der Waals surface area contributed by atoms with E-state index in [1.807, 2.05) is 32.6 Å². The number of aryl methyl sites for hydroxylation is 1. The summed E-state index contributed by atoms with van der Waals surface area (Å²) in [5, 5.41) is 10.5. The maximum atomic E-state index is 15.6. The molecule has 45 heavy (non-hydrogen) atoms.